The predicted molar refractivity (Wildman–Crippen MR) is 84.0 cm³/mol. The summed E-state index contributed by atoms with van der Waals surface area (Å²) in [7, 11) is 1.70. The van der Waals surface area contributed by atoms with Crippen LogP contribution in [0.5, 0.6) is 5.75 Å². The first kappa shape index (κ1) is 15.4. The van der Waals surface area contributed by atoms with E-state index in [0.29, 0.717) is 19.8 Å². The zero-order chi connectivity index (χ0) is 15.1. The molecule has 0 spiro atoms. The Morgan fingerprint density at radius 3 is 2.86 bits per heavy atom. The molecule has 1 aromatic carbocycles. The molecule has 21 heavy (non-hydrogen) atoms. The van der Waals surface area contributed by atoms with E-state index in [1.165, 1.54) is 5.56 Å². The third-order valence-corrected chi connectivity index (χ3v) is 3.08. The number of hydrogen-bond donors (Lipinski definition) is 1. The van der Waals surface area contributed by atoms with Gasteiger partial charge in [-0.25, -0.2) is 4.98 Å². The van der Waals surface area contributed by atoms with Crippen LogP contribution in [0.2, 0.25) is 0 Å². The predicted octanol–water partition coefficient (Wildman–Crippen LogP) is 2.64. The number of nitrogens with zero attached hydrogens (tertiary/aromatic N) is 2. The lowest BCUT2D eigenvalue weighted by Crippen LogP contribution is -2.15. The van der Waals surface area contributed by atoms with Gasteiger partial charge >= 0.3 is 0 Å². The van der Waals surface area contributed by atoms with Crippen molar-refractivity contribution in [2.75, 3.05) is 32.2 Å². The second-order valence-electron chi connectivity index (χ2n) is 4.98. The summed E-state index contributed by atoms with van der Waals surface area (Å²) in [4.78, 5) is 4.46. The van der Waals surface area contributed by atoms with E-state index < -0.39 is 0 Å². The fourth-order valence-corrected chi connectivity index (χ4v) is 2.08. The minimum absolute atomic E-state index is 0.597. The standard InChI is InChI=1S/C16H23N3O2/c1-13-5-4-6-15(11-13)21-9-7-17-16-18-14(2)12-19(16)8-10-20-3/h4-6,11-12H,7-10H2,1-3H3,(H,17,18). The van der Waals surface area contributed by atoms with Gasteiger partial charge in [-0.3, -0.25) is 0 Å². The Hall–Kier alpha value is -2.01. The Labute approximate surface area is 125 Å². The highest BCUT2D eigenvalue weighted by molar-refractivity contribution is 5.29. The van der Waals surface area contributed by atoms with Crippen LogP contribution < -0.4 is 10.1 Å². The summed E-state index contributed by atoms with van der Waals surface area (Å²) >= 11 is 0. The molecule has 0 aliphatic rings. The lowest BCUT2D eigenvalue weighted by Gasteiger charge is -2.10. The molecule has 5 nitrogen and oxygen atoms in total. The average Bonchev–Trinajstić information content (AvgIpc) is 2.81. The average molecular weight is 289 g/mol. The molecule has 0 unspecified atom stereocenters. The molecule has 1 aromatic heterocycles. The lowest BCUT2D eigenvalue weighted by atomic mass is 10.2. The van der Waals surface area contributed by atoms with E-state index in [1.807, 2.05) is 31.3 Å². The van der Waals surface area contributed by atoms with Gasteiger partial charge in [0.25, 0.3) is 0 Å². The molecule has 0 saturated heterocycles. The summed E-state index contributed by atoms with van der Waals surface area (Å²) < 4.78 is 12.9. The third kappa shape index (κ3) is 4.79. The molecule has 0 fully saturated rings. The van der Waals surface area contributed by atoms with Gasteiger partial charge in [-0.15, -0.1) is 0 Å². The third-order valence-electron chi connectivity index (χ3n) is 3.08. The van der Waals surface area contributed by atoms with E-state index in [9.17, 15) is 0 Å². The van der Waals surface area contributed by atoms with Crippen molar-refractivity contribution in [1.82, 2.24) is 9.55 Å². The fourth-order valence-electron chi connectivity index (χ4n) is 2.08. The molecule has 1 heterocycles. The zero-order valence-electron chi connectivity index (χ0n) is 12.9. The molecule has 0 bridgehead atoms. The van der Waals surface area contributed by atoms with E-state index in [1.54, 1.807) is 7.11 Å². The normalized spacial score (nSPS) is 10.6. The monoisotopic (exact) mass is 289 g/mol. The number of rotatable bonds is 8. The minimum atomic E-state index is 0.597. The molecule has 0 radical (unpaired) electrons. The SMILES string of the molecule is COCCn1cc(C)nc1NCCOc1cccc(C)c1. The van der Waals surface area contributed by atoms with Crippen LogP contribution in [0.15, 0.2) is 30.5 Å². The van der Waals surface area contributed by atoms with Gasteiger partial charge in [-0.2, -0.15) is 0 Å². The number of benzene rings is 1. The lowest BCUT2D eigenvalue weighted by molar-refractivity contribution is 0.187. The summed E-state index contributed by atoms with van der Waals surface area (Å²) in [6.07, 6.45) is 2.02. The van der Waals surface area contributed by atoms with Gasteiger partial charge in [0.2, 0.25) is 5.95 Å². The summed E-state index contributed by atoms with van der Waals surface area (Å²) in [6.45, 7) is 6.80. The van der Waals surface area contributed by atoms with E-state index in [-0.39, 0.29) is 0 Å². The number of aryl methyl sites for hydroxylation is 2. The number of hydrogen-bond acceptors (Lipinski definition) is 4. The molecule has 1 N–H and O–H groups in total. The second kappa shape index (κ2) is 7.69. The van der Waals surface area contributed by atoms with Crippen molar-refractivity contribution in [3.8, 4) is 5.75 Å². The second-order valence-corrected chi connectivity index (χ2v) is 4.98. The van der Waals surface area contributed by atoms with Crippen molar-refractivity contribution in [2.24, 2.45) is 0 Å². The fraction of sp³-hybridized carbons (Fsp3) is 0.438. The smallest absolute Gasteiger partial charge is 0.203 e. The Bertz CT molecular complexity index is 566. The first-order valence-electron chi connectivity index (χ1n) is 7.15. The molecule has 2 aromatic rings. The van der Waals surface area contributed by atoms with Crippen LogP contribution in [0.3, 0.4) is 0 Å². The summed E-state index contributed by atoms with van der Waals surface area (Å²) in [6, 6.07) is 8.06. The highest BCUT2D eigenvalue weighted by atomic mass is 16.5. The molecule has 114 valence electrons. The van der Waals surface area contributed by atoms with Crippen molar-refractivity contribution in [3.05, 3.63) is 41.7 Å². The number of methoxy groups -OCH3 is 1. The molecule has 0 atom stereocenters. The Balaban J connectivity index is 1.80. The van der Waals surface area contributed by atoms with Crippen LogP contribution in [-0.2, 0) is 11.3 Å². The molecule has 0 saturated carbocycles. The number of ether oxygens (including phenoxy) is 2. The van der Waals surface area contributed by atoms with E-state index in [0.717, 1.165) is 23.9 Å². The maximum absolute atomic E-state index is 5.71. The number of imidazole rings is 1. The highest BCUT2D eigenvalue weighted by Gasteiger charge is 2.04. The summed E-state index contributed by atoms with van der Waals surface area (Å²) in [5, 5.41) is 3.30. The first-order valence-corrected chi connectivity index (χ1v) is 7.15. The van der Waals surface area contributed by atoms with Gasteiger partial charge in [0.1, 0.15) is 12.4 Å². The molecular weight excluding hydrogens is 266 g/mol. The van der Waals surface area contributed by atoms with E-state index in [4.69, 9.17) is 9.47 Å². The quantitative estimate of drug-likeness (QED) is 0.759. The van der Waals surface area contributed by atoms with Crippen molar-refractivity contribution in [3.63, 3.8) is 0 Å². The van der Waals surface area contributed by atoms with Gasteiger partial charge in [-0.1, -0.05) is 12.1 Å². The van der Waals surface area contributed by atoms with Crippen LogP contribution >= 0.6 is 0 Å². The molecular formula is C16H23N3O2. The van der Waals surface area contributed by atoms with E-state index in [2.05, 4.69) is 27.9 Å². The number of anilines is 1. The van der Waals surface area contributed by atoms with Crippen molar-refractivity contribution in [1.29, 1.82) is 0 Å². The van der Waals surface area contributed by atoms with Crippen LogP contribution in [0, 0.1) is 13.8 Å². The van der Waals surface area contributed by atoms with Gasteiger partial charge < -0.3 is 19.4 Å². The largest absolute Gasteiger partial charge is 0.492 e. The number of aromatic nitrogens is 2. The minimum Gasteiger partial charge on any atom is -0.492 e. The zero-order valence-corrected chi connectivity index (χ0v) is 12.9. The van der Waals surface area contributed by atoms with E-state index >= 15 is 0 Å². The number of nitrogens with one attached hydrogen (secondary N) is 1. The molecule has 5 heteroatoms. The van der Waals surface area contributed by atoms with Crippen LogP contribution in [0.1, 0.15) is 11.3 Å². The van der Waals surface area contributed by atoms with Gasteiger partial charge in [0, 0.05) is 19.9 Å². The van der Waals surface area contributed by atoms with Gasteiger partial charge in [-0.05, 0) is 31.5 Å². The van der Waals surface area contributed by atoms with Crippen molar-refractivity contribution in [2.45, 2.75) is 20.4 Å². The first-order chi connectivity index (χ1) is 10.2. The Morgan fingerprint density at radius 2 is 2.10 bits per heavy atom. The van der Waals surface area contributed by atoms with Gasteiger partial charge in [0.05, 0.1) is 18.8 Å². The Morgan fingerprint density at radius 1 is 1.24 bits per heavy atom. The van der Waals surface area contributed by atoms with Crippen molar-refractivity contribution >= 4 is 5.95 Å². The summed E-state index contributed by atoms with van der Waals surface area (Å²) in [5.74, 6) is 1.76. The topological polar surface area (TPSA) is 48.3 Å². The molecule has 0 amide bonds. The van der Waals surface area contributed by atoms with Crippen molar-refractivity contribution < 1.29 is 9.47 Å². The maximum atomic E-state index is 5.71. The molecule has 0 aliphatic carbocycles. The molecule has 2 rings (SSSR count). The highest BCUT2D eigenvalue weighted by Crippen LogP contribution is 2.12. The van der Waals surface area contributed by atoms with Crippen LogP contribution in [-0.4, -0.2) is 36.4 Å². The Kier molecular flexibility index (Phi) is 5.63. The van der Waals surface area contributed by atoms with Crippen LogP contribution in [0.4, 0.5) is 5.95 Å². The maximum Gasteiger partial charge on any atom is 0.203 e. The van der Waals surface area contributed by atoms with Gasteiger partial charge in [0.15, 0.2) is 0 Å². The molecule has 0 aliphatic heterocycles. The summed E-state index contributed by atoms with van der Waals surface area (Å²) in [5.41, 5.74) is 2.19. The van der Waals surface area contributed by atoms with Crippen LogP contribution in [0.25, 0.3) is 0 Å².